The minimum absolute atomic E-state index is 0.0555. The average molecular weight is 450 g/mol. The van der Waals surface area contributed by atoms with Crippen molar-refractivity contribution in [3.63, 3.8) is 0 Å². The number of carbonyl (C=O) groups is 2. The Balaban J connectivity index is 1.82. The van der Waals surface area contributed by atoms with Gasteiger partial charge in [0.25, 0.3) is 0 Å². The topological polar surface area (TPSA) is 86.8 Å². The van der Waals surface area contributed by atoms with Crippen LogP contribution in [0.15, 0.2) is 23.1 Å². The Bertz CT molecular complexity index is 934. The molecule has 0 radical (unpaired) electrons. The van der Waals surface area contributed by atoms with E-state index >= 15 is 0 Å². The first kappa shape index (κ1) is 23.7. The molecule has 1 aromatic carbocycles. The molecular weight excluding hydrogens is 414 g/mol. The van der Waals surface area contributed by atoms with Crippen LogP contribution in [-0.4, -0.2) is 50.8 Å². The molecule has 2 aliphatic rings. The number of nitrogens with one attached hydrogen (secondary N) is 1. The van der Waals surface area contributed by atoms with E-state index in [0.29, 0.717) is 44.3 Å². The molecule has 1 aromatic rings. The maximum atomic E-state index is 13.3. The molecular formula is C23H35N3O4S. The fourth-order valence-corrected chi connectivity index (χ4v) is 6.11. The van der Waals surface area contributed by atoms with Crippen molar-refractivity contribution >= 4 is 27.5 Å². The molecule has 3 atom stereocenters. The van der Waals surface area contributed by atoms with Crippen molar-refractivity contribution in [2.75, 3.05) is 24.5 Å². The van der Waals surface area contributed by atoms with Gasteiger partial charge < -0.3 is 9.80 Å². The van der Waals surface area contributed by atoms with E-state index in [1.165, 1.54) is 13.0 Å². The number of piperidine rings is 1. The van der Waals surface area contributed by atoms with Gasteiger partial charge in [0.1, 0.15) is 6.04 Å². The summed E-state index contributed by atoms with van der Waals surface area (Å²) in [5.41, 5.74) is 1.60. The molecule has 1 N–H and O–H groups in total. The van der Waals surface area contributed by atoms with Crippen molar-refractivity contribution in [3.8, 4) is 0 Å². The number of likely N-dealkylation sites (tertiary alicyclic amines) is 1. The third kappa shape index (κ3) is 5.47. The molecule has 2 aliphatic heterocycles. The molecule has 1 saturated heterocycles. The van der Waals surface area contributed by atoms with Crippen LogP contribution in [0.3, 0.4) is 0 Å². The summed E-state index contributed by atoms with van der Waals surface area (Å²) in [5, 5.41) is 0. The maximum Gasteiger partial charge on any atom is 0.241 e. The molecule has 0 spiro atoms. The Labute approximate surface area is 186 Å². The van der Waals surface area contributed by atoms with Gasteiger partial charge in [0, 0.05) is 32.2 Å². The van der Waals surface area contributed by atoms with Crippen LogP contribution in [0.1, 0.15) is 53.0 Å². The third-order valence-electron chi connectivity index (χ3n) is 6.12. The van der Waals surface area contributed by atoms with E-state index in [1.807, 2.05) is 18.7 Å². The zero-order chi connectivity index (χ0) is 22.9. The SMILES string of the molecule is CC(=O)N1CCc2cc(S(=O)(=O)N[C@H](CC(C)C)C(=O)N3C[C@@H](C)C[C@H](C)C3)ccc21. The Kier molecular flexibility index (Phi) is 7.11. The van der Waals surface area contributed by atoms with E-state index in [9.17, 15) is 18.0 Å². The van der Waals surface area contributed by atoms with E-state index in [1.54, 1.807) is 17.0 Å². The highest BCUT2D eigenvalue weighted by Crippen LogP contribution is 2.30. The summed E-state index contributed by atoms with van der Waals surface area (Å²) in [6.07, 6.45) is 2.15. The number of hydrogen-bond acceptors (Lipinski definition) is 4. The fraction of sp³-hybridized carbons (Fsp3) is 0.652. The Morgan fingerprint density at radius 1 is 1.16 bits per heavy atom. The van der Waals surface area contributed by atoms with E-state index < -0.39 is 16.1 Å². The van der Waals surface area contributed by atoms with Crippen molar-refractivity contribution in [2.45, 2.75) is 64.8 Å². The zero-order valence-electron chi connectivity index (χ0n) is 19.2. The van der Waals surface area contributed by atoms with Gasteiger partial charge in [0.15, 0.2) is 0 Å². The second kappa shape index (κ2) is 9.28. The van der Waals surface area contributed by atoms with Gasteiger partial charge in [-0.25, -0.2) is 8.42 Å². The Hall–Kier alpha value is -1.93. The smallest absolute Gasteiger partial charge is 0.241 e. The van der Waals surface area contributed by atoms with Gasteiger partial charge in [-0.2, -0.15) is 4.72 Å². The van der Waals surface area contributed by atoms with Gasteiger partial charge in [-0.1, -0.05) is 27.7 Å². The number of amides is 2. The molecule has 2 heterocycles. The molecule has 0 aromatic heterocycles. The minimum atomic E-state index is -3.88. The minimum Gasteiger partial charge on any atom is -0.341 e. The number of nitrogens with zero attached hydrogens (tertiary/aromatic N) is 2. The van der Waals surface area contributed by atoms with Crippen molar-refractivity contribution in [2.24, 2.45) is 17.8 Å². The molecule has 1 fully saturated rings. The summed E-state index contributed by atoms with van der Waals surface area (Å²) in [4.78, 5) is 28.7. The number of benzene rings is 1. The lowest BCUT2D eigenvalue weighted by Crippen LogP contribution is -2.52. The quantitative estimate of drug-likeness (QED) is 0.724. The summed E-state index contributed by atoms with van der Waals surface area (Å²) < 4.78 is 29.1. The van der Waals surface area contributed by atoms with Crippen LogP contribution in [0.5, 0.6) is 0 Å². The van der Waals surface area contributed by atoms with Crippen LogP contribution in [0.2, 0.25) is 0 Å². The zero-order valence-corrected chi connectivity index (χ0v) is 20.0. The lowest BCUT2D eigenvalue weighted by atomic mass is 9.91. The van der Waals surface area contributed by atoms with Crippen LogP contribution >= 0.6 is 0 Å². The average Bonchev–Trinajstić information content (AvgIpc) is 3.09. The van der Waals surface area contributed by atoms with E-state index in [-0.39, 0.29) is 22.6 Å². The number of sulfonamides is 1. The number of carbonyl (C=O) groups excluding carboxylic acids is 2. The van der Waals surface area contributed by atoms with Gasteiger partial charge in [-0.05, 0) is 60.8 Å². The molecule has 7 nitrogen and oxygen atoms in total. The standard InChI is InChI=1S/C23H35N3O4S/c1-15(2)10-21(23(28)25-13-16(3)11-17(4)14-25)24-31(29,30)20-6-7-22-19(12-20)8-9-26(22)18(5)27/h6-7,12,15-17,21,24H,8-11,13-14H2,1-5H3/t16-,17-,21+/m0/s1. The van der Waals surface area contributed by atoms with E-state index in [0.717, 1.165) is 17.7 Å². The highest BCUT2D eigenvalue weighted by Gasteiger charge is 2.34. The van der Waals surface area contributed by atoms with Gasteiger partial charge in [-0.15, -0.1) is 0 Å². The van der Waals surface area contributed by atoms with Gasteiger partial charge in [-0.3, -0.25) is 9.59 Å². The normalized spacial score (nSPS) is 22.5. The molecule has 31 heavy (non-hydrogen) atoms. The largest absolute Gasteiger partial charge is 0.341 e. The summed E-state index contributed by atoms with van der Waals surface area (Å²) in [6.45, 7) is 11.6. The summed E-state index contributed by atoms with van der Waals surface area (Å²) in [5.74, 6) is 0.787. The van der Waals surface area contributed by atoms with Gasteiger partial charge in [0.2, 0.25) is 21.8 Å². The molecule has 172 valence electrons. The molecule has 0 unspecified atom stereocenters. The monoisotopic (exact) mass is 449 g/mol. The van der Waals surface area contributed by atoms with Crippen LogP contribution < -0.4 is 9.62 Å². The van der Waals surface area contributed by atoms with Crippen LogP contribution in [0.4, 0.5) is 5.69 Å². The van der Waals surface area contributed by atoms with Crippen LogP contribution in [-0.2, 0) is 26.0 Å². The van der Waals surface area contributed by atoms with Crippen molar-refractivity contribution in [1.82, 2.24) is 9.62 Å². The summed E-state index contributed by atoms with van der Waals surface area (Å²) >= 11 is 0. The number of fused-ring (bicyclic) bond motifs is 1. The van der Waals surface area contributed by atoms with Gasteiger partial charge >= 0.3 is 0 Å². The maximum absolute atomic E-state index is 13.3. The predicted molar refractivity (Wildman–Crippen MR) is 121 cm³/mol. The fourth-order valence-electron chi connectivity index (χ4n) is 4.86. The van der Waals surface area contributed by atoms with Gasteiger partial charge in [0.05, 0.1) is 4.90 Å². The molecule has 0 aliphatic carbocycles. The van der Waals surface area contributed by atoms with Crippen molar-refractivity contribution in [1.29, 1.82) is 0 Å². The molecule has 8 heteroatoms. The highest BCUT2D eigenvalue weighted by atomic mass is 32.2. The van der Waals surface area contributed by atoms with Crippen LogP contribution in [0, 0.1) is 17.8 Å². The van der Waals surface area contributed by atoms with E-state index in [4.69, 9.17) is 0 Å². The second-order valence-electron chi connectivity index (χ2n) is 9.70. The van der Waals surface area contributed by atoms with Crippen molar-refractivity contribution in [3.05, 3.63) is 23.8 Å². The lowest BCUT2D eigenvalue weighted by molar-refractivity contribution is -0.136. The Morgan fingerprint density at radius 2 is 1.81 bits per heavy atom. The molecule has 0 bridgehead atoms. The van der Waals surface area contributed by atoms with Crippen molar-refractivity contribution < 1.29 is 18.0 Å². The van der Waals surface area contributed by atoms with E-state index in [2.05, 4.69) is 18.6 Å². The molecule has 0 saturated carbocycles. The van der Waals surface area contributed by atoms with Crippen LogP contribution in [0.25, 0.3) is 0 Å². The number of rotatable bonds is 6. The predicted octanol–water partition coefficient (Wildman–Crippen LogP) is 2.79. The lowest BCUT2D eigenvalue weighted by Gasteiger charge is -2.37. The number of anilines is 1. The Morgan fingerprint density at radius 3 is 2.39 bits per heavy atom. The molecule has 2 amide bonds. The second-order valence-corrected chi connectivity index (χ2v) is 11.4. The first-order valence-corrected chi connectivity index (χ1v) is 12.7. The first-order chi connectivity index (χ1) is 14.5. The first-order valence-electron chi connectivity index (χ1n) is 11.2. The number of hydrogen-bond donors (Lipinski definition) is 1. The highest BCUT2D eigenvalue weighted by molar-refractivity contribution is 7.89. The summed E-state index contributed by atoms with van der Waals surface area (Å²) in [7, 11) is -3.88. The molecule has 3 rings (SSSR count). The summed E-state index contributed by atoms with van der Waals surface area (Å²) in [6, 6.07) is 4.04. The third-order valence-corrected chi connectivity index (χ3v) is 7.59.